The average Bonchev–Trinajstić information content (AvgIpc) is 2.97. The van der Waals surface area contributed by atoms with Crippen molar-refractivity contribution in [3.63, 3.8) is 0 Å². The van der Waals surface area contributed by atoms with Gasteiger partial charge in [-0.25, -0.2) is 9.97 Å². The maximum atomic E-state index is 5.43. The maximum Gasteiger partial charge on any atom is 0.165 e. The molecule has 2 aromatic heterocycles. The third-order valence-electron chi connectivity index (χ3n) is 5.21. The highest BCUT2D eigenvalue weighted by molar-refractivity contribution is 5.67. The molecule has 0 amide bonds. The van der Waals surface area contributed by atoms with E-state index in [0.29, 0.717) is 5.82 Å². The molecule has 7 heteroatoms. The molecule has 1 saturated heterocycles. The van der Waals surface area contributed by atoms with Crippen LogP contribution in [0.4, 0.5) is 17.2 Å². The molecule has 0 radical (unpaired) electrons. The number of nitrogens with one attached hydrogen (secondary N) is 1. The van der Waals surface area contributed by atoms with Crippen molar-refractivity contribution in [2.45, 2.75) is 20.8 Å². The van der Waals surface area contributed by atoms with E-state index in [2.05, 4.69) is 44.6 Å². The van der Waals surface area contributed by atoms with Crippen molar-refractivity contribution in [1.82, 2.24) is 19.7 Å². The van der Waals surface area contributed by atoms with Crippen molar-refractivity contribution >= 4 is 17.2 Å². The summed E-state index contributed by atoms with van der Waals surface area (Å²) in [5, 5.41) is 7.92. The van der Waals surface area contributed by atoms with Crippen molar-refractivity contribution in [2.75, 3.05) is 36.5 Å². The molecule has 146 valence electrons. The third-order valence-corrected chi connectivity index (χ3v) is 5.21. The molecule has 4 rings (SSSR count). The number of ether oxygens (including phenoxy) is 1. The van der Waals surface area contributed by atoms with Gasteiger partial charge < -0.3 is 15.0 Å². The van der Waals surface area contributed by atoms with Crippen LogP contribution in [0.15, 0.2) is 30.5 Å². The predicted molar refractivity (Wildman–Crippen MR) is 111 cm³/mol. The van der Waals surface area contributed by atoms with Gasteiger partial charge in [0.25, 0.3) is 0 Å². The molecule has 28 heavy (non-hydrogen) atoms. The highest BCUT2D eigenvalue weighted by Gasteiger charge is 2.16. The first kappa shape index (κ1) is 18.4. The van der Waals surface area contributed by atoms with Gasteiger partial charge in [0.05, 0.1) is 24.5 Å². The van der Waals surface area contributed by atoms with Gasteiger partial charge in [-0.3, -0.25) is 4.68 Å². The summed E-state index contributed by atoms with van der Waals surface area (Å²) < 4.78 is 7.30. The van der Waals surface area contributed by atoms with Gasteiger partial charge in [0.2, 0.25) is 0 Å². The molecule has 1 aliphatic rings. The van der Waals surface area contributed by atoms with Crippen LogP contribution in [0.1, 0.15) is 17.0 Å². The lowest BCUT2D eigenvalue weighted by atomic mass is 10.2. The second-order valence-corrected chi connectivity index (χ2v) is 7.17. The number of morpholine rings is 1. The molecular formula is C21H26N6O. The largest absolute Gasteiger partial charge is 0.378 e. The van der Waals surface area contributed by atoms with E-state index in [4.69, 9.17) is 9.72 Å². The number of nitrogens with zero attached hydrogens (tertiary/aromatic N) is 5. The predicted octanol–water partition coefficient (Wildman–Crippen LogP) is 3.38. The highest BCUT2D eigenvalue weighted by Crippen LogP contribution is 2.27. The maximum absolute atomic E-state index is 5.43. The van der Waals surface area contributed by atoms with Gasteiger partial charge in [-0.05, 0) is 45.0 Å². The molecule has 1 aliphatic heterocycles. The van der Waals surface area contributed by atoms with E-state index in [-0.39, 0.29) is 0 Å². The topological polar surface area (TPSA) is 68.1 Å². The van der Waals surface area contributed by atoms with Gasteiger partial charge in [0.1, 0.15) is 5.82 Å². The molecule has 0 unspecified atom stereocenters. The average molecular weight is 378 g/mol. The normalized spacial score (nSPS) is 14.4. The van der Waals surface area contributed by atoms with E-state index >= 15 is 0 Å². The van der Waals surface area contributed by atoms with E-state index in [1.807, 2.05) is 38.7 Å². The van der Waals surface area contributed by atoms with E-state index < -0.39 is 0 Å². The zero-order valence-corrected chi connectivity index (χ0v) is 16.9. The van der Waals surface area contributed by atoms with Gasteiger partial charge in [-0.15, -0.1) is 0 Å². The first-order valence-electron chi connectivity index (χ1n) is 9.57. The van der Waals surface area contributed by atoms with Crippen molar-refractivity contribution in [1.29, 1.82) is 0 Å². The fourth-order valence-electron chi connectivity index (χ4n) is 3.50. The smallest absolute Gasteiger partial charge is 0.165 e. The number of benzene rings is 1. The van der Waals surface area contributed by atoms with E-state index in [1.165, 1.54) is 5.69 Å². The summed E-state index contributed by atoms with van der Waals surface area (Å²) in [4.78, 5) is 11.7. The second kappa shape index (κ2) is 7.59. The van der Waals surface area contributed by atoms with Crippen molar-refractivity contribution in [3.8, 4) is 11.4 Å². The van der Waals surface area contributed by atoms with Crippen molar-refractivity contribution in [2.24, 2.45) is 7.05 Å². The molecule has 1 aromatic carbocycles. The Balaban J connectivity index is 1.58. The number of rotatable bonds is 4. The first-order chi connectivity index (χ1) is 13.5. The number of hydrogen-bond acceptors (Lipinski definition) is 6. The Morgan fingerprint density at radius 3 is 2.39 bits per heavy atom. The molecule has 3 aromatic rings. The molecule has 0 spiro atoms. The minimum absolute atomic E-state index is 0.695. The van der Waals surface area contributed by atoms with Crippen LogP contribution < -0.4 is 10.2 Å². The Morgan fingerprint density at radius 1 is 1.04 bits per heavy atom. The lowest BCUT2D eigenvalue weighted by Crippen LogP contribution is -2.36. The minimum atomic E-state index is 0.695. The van der Waals surface area contributed by atoms with Gasteiger partial charge in [-0.2, -0.15) is 5.10 Å². The van der Waals surface area contributed by atoms with E-state index in [9.17, 15) is 0 Å². The van der Waals surface area contributed by atoms with Gasteiger partial charge >= 0.3 is 0 Å². The summed E-state index contributed by atoms with van der Waals surface area (Å²) in [7, 11) is 1.94. The Bertz CT molecular complexity index is 973. The minimum Gasteiger partial charge on any atom is -0.378 e. The number of aromatic nitrogens is 4. The van der Waals surface area contributed by atoms with Crippen LogP contribution in [-0.2, 0) is 11.8 Å². The molecule has 1 N–H and O–H groups in total. The molecule has 0 saturated carbocycles. The lowest BCUT2D eigenvalue weighted by Gasteiger charge is -2.28. The van der Waals surface area contributed by atoms with Crippen LogP contribution in [0.25, 0.3) is 11.4 Å². The molecule has 0 bridgehead atoms. The molecule has 0 atom stereocenters. The van der Waals surface area contributed by atoms with Crippen LogP contribution >= 0.6 is 0 Å². The number of anilines is 3. The summed E-state index contributed by atoms with van der Waals surface area (Å²) in [5.41, 5.74) is 6.21. The van der Waals surface area contributed by atoms with Gasteiger partial charge in [0.15, 0.2) is 5.82 Å². The van der Waals surface area contributed by atoms with Crippen LogP contribution in [0.5, 0.6) is 0 Å². The standard InChI is InChI=1S/C21H26N6O/c1-14-13-22-21(19-15(2)25-26(4)16(19)3)24-20(14)23-17-5-7-18(8-6-17)27-9-11-28-12-10-27/h5-8,13H,9-12H2,1-4H3,(H,22,23,24). The zero-order valence-electron chi connectivity index (χ0n) is 16.9. The van der Waals surface area contributed by atoms with E-state index in [1.54, 1.807) is 0 Å². The van der Waals surface area contributed by atoms with Crippen molar-refractivity contribution in [3.05, 3.63) is 47.4 Å². The van der Waals surface area contributed by atoms with Gasteiger partial charge in [0, 0.05) is 49.0 Å². The van der Waals surface area contributed by atoms with Crippen LogP contribution in [0.2, 0.25) is 0 Å². The SMILES string of the molecule is Cc1cnc(-c2c(C)nn(C)c2C)nc1Nc1ccc(N2CCOCC2)cc1. The summed E-state index contributed by atoms with van der Waals surface area (Å²) >= 11 is 0. The second-order valence-electron chi connectivity index (χ2n) is 7.17. The molecule has 0 aliphatic carbocycles. The summed E-state index contributed by atoms with van der Waals surface area (Å²) in [6.45, 7) is 9.48. The third kappa shape index (κ3) is 3.57. The summed E-state index contributed by atoms with van der Waals surface area (Å²) in [5.74, 6) is 1.51. The Morgan fingerprint density at radius 2 is 1.75 bits per heavy atom. The van der Waals surface area contributed by atoms with Crippen molar-refractivity contribution < 1.29 is 4.74 Å². The summed E-state index contributed by atoms with van der Waals surface area (Å²) in [6, 6.07) is 8.46. The van der Waals surface area contributed by atoms with Crippen LogP contribution in [0.3, 0.4) is 0 Å². The Labute approximate surface area is 165 Å². The fraction of sp³-hybridized carbons (Fsp3) is 0.381. The molecule has 7 nitrogen and oxygen atoms in total. The fourth-order valence-corrected chi connectivity index (χ4v) is 3.50. The van der Waals surface area contributed by atoms with Crippen LogP contribution in [0, 0.1) is 20.8 Å². The molecular weight excluding hydrogens is 352 g/mol. The lowest BCUT2D eigenvalue weighted by molar-refractivity contribution is 0.122. The quantitative estimate of drug-likeness (QED) is 0.751. The first-order valence-corrected chi connectivity index (χ1v) is 9.57. The Kier molecular flexibility index (Phi) is 5.00. The summed E-state index contributed by atoms with van der Waals surface area (Å²) in [6.07, 6.45) is 1.86. The zero-order chi connectivity index (χ0) is 19.7. The number of aryl methyl sites for hydroxylation is 3. The van der Waals surface area contributed by atoms with Gasteiger partial charge in [-0.1, -0.05) is 0 Å². The molecule has 3 heterocycles. The van der Waals surface area contributed by atoms with Crippen LogP contribution in [-0.4, -0.2) is 46.1 Å². The number of hydrogen-bond donors (Lipinski definition) is 1. The molecule has 1 fully saturated rings. The Hall–Kier alpha value is -2.93. The monoisotopic (exact) mass is 378 g/mol. The highest BCUT2D eigenvalue weighted by atomic mass is 16.5. The van der Waals surface area contributed by atoms with E-state index in [0.717, 1.165) is 60.3 Å².